The molecule has 1 aromatic carbocycles. The number of aromatic nitrogens is 1. The van der Waals surface area contributed by atoms with Gasteiger partial charge >= 0.3 is 0 Å². The molecule has 3 nitrogen and oxygen atoms in total. The predicted molar refractivity (Wildman–Crippen MR) is 83.5 cm³/mol. The summed E-state index contributed by atoms with van der Waals surface area (Å²) < 4.78 is 0. The van der Waals surface area contributed by atoms with E-state index in [9.17, 15) is 0 Å². The van der Waals surface area contributed by atoms with Gasteiger partial charge in [-0.25, -0.2) is 0 Å². The third kappa shape index (κ3) is 1.88. The average Bonchev–Trinajstić information content (AvgIpc) is 2.93. The third-order valence-corrected chi connectivity index (χ3v) is 4.71. The molecule has 4 rings (SSSR count). The van der Waals surface area contributed by atoms with Crippen LogP contribution in [0.15, 0.2) is 24.3 Å². The van der Waals surface area contributed by atoms with Gasteiger partial charge in [-0.05, 0) is 37.9 Å². The fraction of sp³-hybridized carbons (Fsp3) is 0.471. The Morgan fingerprint density at radius 1 is 1.00 bits per heavy atom. The molecular weight excluding hydrogens is 246 g/mol. The topological polar surface area (TPSA) is 19.4 Å². The zero-order valence-electron chi connectivity index (χ0n) is 12.1. The molecule has 1 aliphatic carbocycles. The maximum Gasteiger partial charge on any atom is 0.0726 e. The summed E-state index contributed by atoms with van der Waals surface area (Å²) >= 11 is 0. The maximum atomic E-state index is 4.89. The van der Waals surface area contributed by atoms with Crippen LogP contribution in [0, 0.1) is 0 Å². The number of hydrogen-bond donors (Lipinski definition) is 0. The van der Waals surface area contributed by atoms with E-state index in [1.807, 2.05) is 0 Å². The van der Waals surface area contributed by atoms with Crippen LogP contribution in [-0.2, 0) is 12.8 Å². The van der Waals surface area contributed by atoms with Gasteiger partial charge in [-0.3, -0.25) is 4.98 Å². The van der Waals surface area contributed by atoms with Gasteiger partial charge in [0.15, 0.2) is 0 Å². The fourth-order valence-corrected chi connectivity index (χ4v) is 3.58. The van der Waals surface area contributed by atoms with E-state index < -0.39 is 0 Å². The van der Waals surface area contributed by atoms with Crippen molar-refractivity contribution in [3.8, 4) is 0 Å². The number of benzene rings is 1. The van der Waals surface area contributed by atoms with Crippen molar-refractivity contribution in [2.45, 2.75) is 19.3 Å². The quantitative estimate of drug-likeness (QED) is 0.791. The lowest BCUT2D eigenvalue weighted by molar-refractivity contribution is 0.313. The zero-order valence-corrected chi connectivity index (χ0v) is 12.1. The minimum atomic E-state index is 1.14. The Bertz CT molecular complexity index is 642. The smallest absolute Gasteiger partial charge is 0.0726 e. The van der Waals surface area contributed by atoms with Gasteiger partial charge in [-0.2, -0.15) is 0 Å². The number of fused-ring (bicyclic) bond motifs is 2. The second kappa shape index (κ2) is 4.74. The molecule has 0 radical (unpaired) electrons. The van der Waals surface area contributed by atoms with Crippen LogP contribution in [0.25, 0.3) is 10.9 Å². The summed E-state index contributed by atoms with van der Waals surface area (Å²) in [6.07, 6.45) is 3.62. The van der Waals surface area contributed by atoms with Gasteiger partial charge in [0, 0.05) is 37.3 Å². The number of nitrogens with zero attached hydrogens (tertiary/aromatic N) is 3. The number of hydrogen-bond acceptors (Lipinski definition) is 3. The normalized spacial score (nSPS) is 19.6. The lowest BCUT2D eigenvalue weighted by atomic mass is 10.0. The predicted octanol–water partition coefficient (Wildman–Crippen LogP) is 2.48. The van der Waals surface area contributed by atoms with Crippen molar-refractivity contribution >= 4 is 16.6 Å². The van der Waals surface area contributed by atoms with Crippen molar-refractivity contribution in [3.63, 3.8) is 0 Å². The highest BCUT2D eigenvalue weighted by atomic mass is 15.2. The number of rotatable bonds is 1. The minimum absolute atomic E-state index is 1.14. The molecule has 1 aromatic heterocycles. The van der Waals surface area contributed by atoms with Crippen molar-refractivity contribution in [2.24, 2.45) is 0 Å². The Balaban J connectivity index is 1.88. The van der Waals surface area contributed by atoms with E-state index in [2.05, 4.69) is 41.1 Å². The zero-order chi connectivity index (χ0) is 13.5. The fourth-order valence-electron chi connectivity index (χ4n) is 3.58. The molecule has 1 aliphatic heterocycles. The van der Waals surface area contributed by atoms with Crippen LogP contribution in [0.1, 0.15) is 17.7 Å². The number of para-hydroxylation sites is 1. The van der Waals surface area contributed by atoms with Gasteiger partial charge in [0.2, 0.25) is 0 Å². The van der Waals surface area contributed by atoms with Gasteiger partial charge in [0.25, 0.3) is 0 Å². The van der Waals surface area contributed by atoms with Crippen molar-refractivity contribution in [1.29, 1.82) is 0 Å². The summed E-state index contributed by atoms with van der Waals surface area (Å²) in [5.41, 5.74) is 5.52. The second-order valence-corrected chi connectivity index (χ2v) is 6.05. The number of piperazine rings is 1. The number of anilines is 1. The average molecular weight is 267 g/mol. The van der Waals surface area contributed by atoms with Crippen LogP contribution in [0.5, 0.6) is 0 Å². The van der Waals surface area contributed by atoms with Gasteiger partial charge in [-0.15, -0.1) is 0 Å². The van der Waals surface area contributed by atoms with E-state index in [0.29, 0.717) is 0 Å². The highest BCUT2D eigenvalue weighted by Gasteiger charge is 2.24. The van der Waals surface area contributed by atoms with E-state index in [0.717, 1.165) is 32.6 Å². The van der Waals surface area contributed by atoms with Crippen molar-refractivity contribution in [2.75, 3.05) is 38.1 Å². The highest BCUT2D eigenvalue weighted by Crippen LogP contribution is 2.36. The summed E-state index contributed by atoms with van der Waals surface area (Å²) in [7, 11) is 2.21. The van der Waals surface area contributed by atoms with Crippen LogP contribution < -0.4 is 4.90 Å². The molecule has 2 aliphatic rings. The summed E-state index contributed by atoms with van der Waals surface area (Å²) in [6.45, 7) is 4.59. The molecule has 3 heteroatoms. The van der Waals surface area contributed by atoms with Crippen LogP contribution in [0.3, 0.4) is 0 Å². The first-order chi connectivity index (χ1) is 9.83. The highest BCUT2D eigenvalue weighted by molar-refractivity contribution is 5.94. The van der Waals surface area contributed by atoms with Gasteiger partial charge in [0.05, 0.1) is 11.2 Å². The van der Waals surface area contributed by atoms with Crippen molar-refractivity contribution in [1.82, 2.24) is 9.88 Å². The van der Waals surface area contributed by atoms with E-state index in [-0.39, 0.29) is 0 Å². The largest absolute Gasteiger partial charge is 0.368 e. The molecule has 1 fully saturated rings. The van der Waals surface area contributed by atoms with E-state index in [4.69, 9.17) is 4.98 Å². The van der Waals surface area contributed by atoms with Crippen LogP contribution in [-0.4, -0.2) is 43.1 Å². The minimum Gasteiger partial charge on any atom is -0.368 e. The standard InChI is InChI=1S/C17H21N3/c1-19-9-11-20(12-10-19)17-13-5-2-3-7-15(13)18-16-8-4-6-14(16)17/h2-3,5,7H,4,6,8-12H2,1H3. The summed E-state index contributed by atoms with van der Waals surface area (Å²) in [5.74, 6) is 0. The summed E-state index contributed by atoms with van der Waals surface area (Å²) in [5, 5.41) is 1.35. The Hall–Kier alpha value is -1.61. The molecule has 0 amide bonds. The third-order valence-electron chi connectivity index (χ3n) is 4.71. The monoisotopic (exact) mass is 267 g/mol. The molecule has 0 N–H and O–H groups in total. The Labute approximate surface area is 120 Å². The van der Waals surface area contributed by atoms with E-state index in [1.54, 1.807) is 0 Å². The molecule has 2 aromatic rings. The summed E-state index contributed by atoms with van der Waals surface area (Å²) in [6, 6.07) is 8.65. The molecule has 0 unspecified atom stereocenters. The second-order valence-electron chi connectivity index (χ2n) is 6.05. The molecule has 20 heavy (non-hydrogen) atoms. The first-order valence-electron chi connectivity index (χ1n) is 7.67. The molecule has 1 saturated heterocycles. The lowest BCUT2D eigenvalue weighted by Crippen LogP contribution is -2.45. The number of aryl methyl sites for hydroxylation is 1. The molecule has 0 spiro atoms. The van der Waals surface area contributed by atoms with E-state index in [1.165, 1.54) is 40.7 Å². The Morgan fingerprint density at radius 3 is 2.65 bits per heavy atom. The maximum absolute atomic E-state index is 4.89. The molecule has 0 atom stereocenters. The molecule has 0 bridgehead atoms. The van der Waals surface area contributed by atoms with Gasteiger partial charge < -0.3 is 9.80 Å². The molecule has 104 valence electrons. The first kappa shape index (κ1) is 12.2. The van der Waals surface area contributed by atoms with Crippen LogP contribution in [0.2, 0.25) is 0 Å². The van der Waals surface area contributed by atoms with Crippen molar-refractivity contribution in [3.05, 3.63) is 35.5 Å². The first-order valence-corrected chi connectivity index (χ1v) is 7.67. The molecule has 0 saturated carbocycles. The number of likely N-dealkylation sites (N-methyl/N-ethyl adjacent to an activating group) is 1. The Kier molecular flexibility index (Phi) is 2.88. The molecular formula is C17H21N3. The van der Waals surface area contributed by atoms with Gasteiger partial charge in [-0.1, -0.05) is 18.2 Å². The number of pyridine rings is 1. The van der Waals surface area contributed by atoms with Crippen LogP contribution in [0.4, 0.5) is 5.69 Å². The molecule has 2 heterocycles. The van der Waals surface area contributed by atoms with Crippen LogP contribution >= 0.6 is 0 Å². The lowest BCUT2D eigenvalue weighted by Gasteiger charge is -2.35. The SMILES string of the molecule is CN1CCN(c2c3c(nc4ccccc24)CCC3)CC1. The van der Waals surface area contributed by atoms with E-state index >= 15 is 0 Å². The Morgan fingerprint density at radius 2 is 1.80 bits per heavy atom. The van der Waals surface area contributed by atoms with Crippen molar-refractivity contribution < 1.29 is 0 Å². The van der Waals surface area contributed by atoms with Gasteiger partial charge in [0.1, 0.15) is 0 Å². The summed E-state index contributed by atoms with van der Waals surface area (Å²) in [4.78, 5) is 9.90.